The molecule has 2 rings (SSSR count). The van der Waals surface area contributed by atoms with Gasteiger partial charge in [0.1, 0.15) is 0 Å². The van der Waals surface area contributed by atoms with Crippen molar-refractivity contribution in [3.8, 4) is 0 Å². The highest BCUT2D eigenvalue weighted by atomic mass is 16.5. The molecule has 1 saturated heterocycles. The van der Waals surface area contributed by atoms with Gasteiger partial charge in [0.2, 0.25) is 0 Å². The number of aliphatic carboxylic acids is 1. The van der Waals surface area contributed by atoms with E-state index in [1.54, 1.807) is 29.2 Å². The van der Waals surface area contributed by atoms with E-state index in [0.29, 0.717) is 30.9 Å². The lowest BCUT2D eigenvalue weighted by molar-refractivity contribution is -0.131. The molecule has 5 nitrogen and oxygen atoms in total. The fourth-order valence-electron chi connectivity index (χ4n) is 2.14. The Morgan fingerprint density at radius 1 is 1.45 bits per heavy atom. The standard InChI is InChI=1S/C15H17NO4/c1-11-10-20-8-7-16(11)15(19)13-4-2-3-12(9-13)5-6-14(17)18/h2-6,9,11H,7-8,10H2,1H3,(H,17,18). The molecule has 0 radical (unpaired) electrons. The lowest BCUT2D eigenvalue weighted by atomic mass is 10.1. The van der Waals surface area contributed by atoms with Crippen molar-refractivity contribution < 1.29 is 19.4 Å². The van der Waals surface area contributed by atoms with Gasteiger partial charge < -0.3 is 14.7 Å². The van der Waals surface area contributed by atoms with Crippen LogP contribution in [0.4, 0.5) is 0 Å². The number of carboxylic acids is 1. The van der Waals surface area contributed by atoms with Crippen LogP contribution in [0.1, 0.15) is 22.8 Å². The average Bonchev–Trinajstić information content (AvgIpc) is 2.45. The number of rotatable bonds is 3. The summed E-state index contributed by atoms with van der Waals surface area (Å²) in [6, 6.07) is 7.00. The molecule has 1 heterocycles. The van der Waals surface area contributed by atoms with E-state index in [4.69, 9.17) is 9.84 Å². The second-order valence-corrected chi connectivity index (χ2v) is 4.72. The van der Waals surface area contributed by atoms with E-state index in [1.807, 2.05) is 6.92 Å². The second-order valence-electron chi connectivity index (χ2n) is 4.72. The van der Waals surface area contributed by atoms with E-state index in [-0.39, 0.29) is 11.9 Å². The molecule has 1 aliphatic rings. The van der Waals surface area contributed by atoms with Crippen molar-refractivity contribution in [1.29, 1.82) is 0 Å². The van der Waals surface area contributed by atoms with Crippen molar-refractivity contribution in [2.75, 3.05) is 19.8 Å². The lowest BCUT2D eigenvalue weighted by Gasteiger charge is -2.33. The Hall–Kier alpha value is -2.14. The van der Waals surface area contributed by atoms with Crippen LogP contribution < -0.4 is 0 Å². The van der Waals surface area contributed by atoms with Crippen LogP contribution in [0.15, 0.2) is 30.3 Å². The first kappa shape index (κ1) is 14.3. The van der Waals surface area contributed by atoms with Crippen molar-refractivity contribution in [1.82, 2.24) is 4.90 Å². The SMILES string of the molecule is CC1COCCN1C(=O)c1cccc(C=CC(=O)O)c1. The average molecular weight is 275 g/mol. The summed E-state index contributed by atoms with van der Waals surface area (Å²) in [5.41, 5.74) is 1.26. The molecule has 5 heteroatoms. The summed E-state index contributed by atoms with van der Waals surface area (Å²) in [7, 11) is 0. The molecule has 1 N–H and O–H groups in total. The Bertz CT molecular complexity index is 538. The summed E-state index contributed by atoms with van der Waals surface area (Å²) >= 11 is 0. The fourth-order valence-corrected chi connectivity index (χ4v) is 2.14. The molecule has 1 aliphatic heterocycles. The monoisotopic (exact) mass is 275 g/mol. The van der Waals surface area contributed by atoms with Crippen LogP contribution >= 0.6 is 0 Å². The maximum atomic E-state index is 12.4. The molecule has 1 atom stereocenters. The van der Waals surface area contributed by atoms with Crippen LogP contribution in [-0.2, 0) is 9.53 Å². The highest BCUT2D eigenvalue weighted by molar-refractivity contribution is 5.95. The van der Waals surface area contributed by atoms with Gasteiger partial charge in [-0.15, -0.1) is 0 Å². The smallest absolute Gasteiger partial charge is 0.328 e. The van der Waals surface area contributed by atoms with Gasteiger partial charge in [0, 0.05) is 18.2 Å². The number of carbonyl (C=O) groups excluding carboxylic acids is 1. The van der Waals surface area contributed by atoms with Gasteiger partial charge in [0.05, 0.1) is 19.3 Å². The molecule has 1 fully saturated rings. The number of nitrogens with zero attached hydrogens (tertiary/aromatic N) is 1. The Morgan fingerprint density at radius 3 is 2.95 bits per heavy atom. The predicted octanol–water partition coefficient (Wildman–Crippen LogP) is 1.65. The third-order valence-corrected chi connectivity index (χ3v) is 3.18. The van der Waals surface area contributed by atoms with Gasteiger partial charge in [0.25, 0.3) is 5.91 Å². The number of carbonyl (C=O) groups is 2. The molecule has 0 spiro atoms. The summed E-state index contributed by atoms with van der Waals surface area (Å²) < 4.78 is 5.32. The third kappa shape index (κ3) is 3.45. The summed E-state index contributed by atoms with van der Waals surface area (Å²) in [4.78, 5) is 24.7. The molecule has 20 heavy (non-hydrogen) atoms. The summed E-state index contributed by atoms with van der Waals surface area (Å²) in [6.07, 6.45) is 2.53. The second kappa shape index (κ2) is 6.34. The minimum absolute atomic E-state index is 0.0497. The first-order valence-electron chi connectivity index (χ1n) is 6.47. The number of benzene rings is 1. The zero-order valence-corrected chi connectivity index (χ0v) is 11.3. The van der Waals surface area contributed by atoms with Crippen LogP contribution in [0.3, 0.4) is 0 Å². The molecule has 0 saturated carbocycles. The van der Waals surface area contributed by atoms with Crippen molar-refractivity contribution in [2.24, 2.45) is 0 Å². The minimum atomic E-state index is -1.01. The maximum Gasteiger partial charge on any atom is 0.328 e. The zero-order chi connectivity index (χ0) is 14.5. The number of hydrogen-bond donors (Lipinski definition) is 1. The number of ether oxygens (including phenoxy) is 1. The van der Waals surface area contributed by atoms with Crippen molar-refractivity contribution in [2.45, 2.75) is 13.0 Å². The van der Waals surface area contributed by atoms with Crippen molar-refractivity contribution in [3.63, 3.8) is 0 Å². The van der Waals surface area contributed by atoms with Crippen LogP contribution in [0.5, 0.6) is 0 Å². The Kier molecular flexibility index (Phi) is 4.53. The zero-order valence-electron chi connectivity index (χ0n) is 11.3. The van der Waals surface area contributed by atoms with E-state index >= 15 is 0 Å². The van der Waals surface area contributed by atoms with Crippen LogP contribution in [0.2, 0.25) is 0 Å². The van der Waals surface area contributed by atoms with Crippen LogP contribution in [-0.4, -0.2) is 47.7 Å². The highest BCUT2D eigenvalue weighted by Gasteiger charge is 2.24. The number of hydrogen-bond acceptors (Lipinski definition) is 3. The van der Waals surface area contributed by atoms with Crippen molar-refractivity contribution >= 4 is 18.0 Å². The summed E-state index contributed by atoms with van der Waals surface area (Å²) in [5, 5.41) is 8.62. The summed E-state index contributed by atoms with van der Waals surface area (Å²) in [5.74, 6) is -1.06. The van der Waals surface area contributed by atoms with Gasteiger partial charge in [0.15, 0.2) is 0 Å². The normalized spacial score (nSPS) is 19.2. The number of amides is 1. The molecule has 1 aromatic rings. The fraction of sp³-hybridized carbons (Fsp3) is 0.333. The Balaban J connectivity index is 2.17. The van der Waals surface area contributed by atoms with Gasteiger partial charge in [-0.3, -0.25) is 4.79 Å². The van der Waals surface area contributed by atoms with Crippen LogP contribution in [0.25, 0.3) is 6.08 Å². The molecule has 0 bridgehead atoms. The van der Waals surface area contributed by atoms with E-state index in [1.165, 1.54) is 6.08 Å². The predicted molar refractivity (Wildman–Crippen MR) is 74.4 cm³/mol. The first-order chi connectivity index (χ1) is 9.58. The lowest BCUT2D eigenvalue weighted by Crippen LogP contribution is -2.47. The van der Waals surface area contributed by atoms with Gasteiger partial charge in [-0.1, -0.05) is 12.1 Å². The molecule has 106 valence electrons. The molecule has 1 unspecified atom stereocenters. The molecule has 1 amide bonds. The molecular formula is C15H17NO4. The summed E-state index contributed by atoms with van der Waals surface area (Å²) in [6.45, 7) is 3.62. The maximum absolute atomic E-state index is 12.4. The minimum Gasteiger partial charge on any atom is -0.478 e. The van der Waals surface area contributed by atoms with Gasteiger partial charge in [-0.2, -0.15) is 0 Å². The van der Waals surface area contributed by atoms with Gasteiger partial charge in [-0.25, -0.2) is 4.79 Å². The van der Waals surface area contributed by atoms with E-state index in [2.05, 4.69) is 0 Å². The molecule has 0 aliphatic carbocycles. The Morgan fingerprint density at radius 2 is 2.25 bits per heavy atom. The molecular weight excluding hydrogens is 258 g/mol. The van der Waals surface area contributed by atoms with E-state index < -0.39 is 5.97 Å². The third-order valence-electron chi connectivity index (χ3n) is 3.18. The molecule has 1 aromatic carbocycles. The largest absolute Gasteiger partial charge is 0.478 e. The van der Waals surface area contributed by atoms with Gasteiger partial charge >= 0.3 is 5.97 Å². The van der Waals surface area contributed by atoms with Crippen molar-refractivity contribution in [3.05, 3.63) is 41.5 Å². The Labute approximate surface area is 117 Å². The number of morpholine rings is 1. The quantitative estimate of drug-likeness (QED) is 0.852. The topological polar surface area (TPSA) is 66.8 Å². The highest BCUT2D eigenvalue weighted by Crippen LogP contribution is 2.14. The van der Waals surface area contributed by atoms with E-state index in [9.17, 15) is 9.59 Å². The number of carboxylic acid groups (broad SMARTS) is 1. The first-order valence-corrected chi connectivity index (χ1v) is 6.47. The molecule has 0 aromatic heterocycles. The van der Waals surface area contributed by atoms with E-state index in [0.717, 1.165) is 6.08 Å². The van der Waals surface area contributed by atoms with Gasteiger partial charge in [-0.05, 0) is 30.7 Å². The van der Waals surface area contributed by atoms with Crippen LogP contribution in [0, 0.1) is 0 Å².